The maximum Gasteiger partial charge on any atom is 0.214 e. The van der Waals surface area contributed by atoms with Gasteiger partial charge in [0, 0.05) is 6.54 Å². The van der Waals surface area contributed by atoms with Crippen LogP contribution in [0.1, 0.15) is 37.7 Å². The van der Waals surface area contributed by atoms with Crippen LogP contribution in [0.15, 0.2) is 30.3 Å². The highest BCUT2D eigenvalue weighted by molar-refractivity contribution is 7.90. The van der Waals surface area contributed by atoms with Crippen LogP contribution in [0.5, 0.6) is 0 Å². The summed E-state index contributed by atoms with van der Waals surface area (Å²) in [6.07, 6.45) is 5.67. The first kappa shape index (κ1) is 13.6. The second kappa shape index (κ2) is 6.34. The Labute approximate surface area is 110 Å². The van der Waals surface area contributed by atoms with E-state index in [0.29, 0.717) is 6.54 Å². The standard InChI is InChI=1S/C14H21NO2S/c16-18(17,14-9-5-2-6-10-14)15-12-11-13-7-3-1-4-8-13/h1,3-4,7-8,14-15H,2,5-6,9-12H2. The molecule has 1 aromatic rings. The Morgan fingerprint density at radius 1 is 1.06 bits per heavy atom. The van der Waals surface area contributed by atoms with Crippen LogP contribution < -0.4 is 4.72 Å². The highest BCUT2D eigenvalue weighted by Crippen LogP contribution is 2.22. The molecule has 0 atom stereocenters. The summed E-state index contributed by atoms with van der Waals surface area (Å²) in [7, 11) is -3.10. The van der Waals surface area contributed by atoms with Gasteiger partial charge in [-0.1, -0.05) is 49.6 Å². The molecule has 18 heavy (non-hydrogen) atoms. The fraction of sp³-hybridized carbons (Fsp3) is 0.571. The summed E-state index contributed by atoms with van der Waals surface area (Å²) in [6, 6.07) is 9.97. The van der Waals surface area contributed by atoms with E-state index in [2.05, 4.69) is 4.72 Å². The summed E-state index contributed by atoms with van der Waals surface area (Å²) >= 11 is 0. The van der Waals surface area contributed by atoms with Gasteiger partial charge in [-0.25, -0.2) is 13.1 Å². The van der Waals surface area contributed by atoms with Crippen molar-refractivity contribution in [2.75, 3.05) is 6.54 Å². The van der Waals surface area contributed by atoms with Gasteiger partial charge in [-0.15, -0.1) is 0 Å². The molecule has 1 aliphatic rings. The summed E-state index contributed by atoms with van der Waals surface area (Å²) in [4.78, 5) is 0. The van der Waals surface area contributed by atoms with E-state index >= 15 is 0 Å². The average Bonchev–Trinajstić information content (AvgIpc) is 2.41. The quantitative estimate of drug-likeness (QED) is 0.891. The minimum atomic E-state index is -3.10. The molecule has 0 bridgehead atoms. The van der Waals surface area contributed by atoms with Gasteiger partial charge in [0.15, 0.2) is 0 Å². The van der Waals surface area contributed by atoms with Gasteiger partial charge in [0.05, 0.1) is 5.25 Å². The van der Waals surface area contributed by atoms with E-state index in [1.807, 2.05) is 30.3 Å². The fourth-order valence-corrected chi connectivity index (χ4v) is 4.05. The van der Waals surface area contributed by atoms with E-state index < -0.39 is 10.0 Å². The molecular weight excluding hydrogens is 246 g/mol. The molecule has 0 amide bonds. The monoisotopic (exact) mass is 267 g/mol. The highest BCUT2D eigenvalue weighted by Gasteiger charge is 2.26. The average molecular weight is 267 g/mol. The Morgan fingerprint density at radius 3 is 2.39 bits per heavy atom. The minimum Gasteiger partial charge on any atom is -0.215 e. The summed E-state index contributed by atoms with van der Waals surface area (Å²) in [6.45, 7) is 0.503. The van der Waals surface area contributed by atoms with Crippen LogP contribution in [0, 0.1) is 0 Å². The normalized spacial score (nSPS) is 17.8. The molecule has 0 heterocycles. The second-order valence-corrected chi connectivity index (χ2v) is 6.98. The van der Waals surface area contributed by atoms with Gasteiger partial charge in [-0.2, -0.15) is 0 Å². The third kappa shape index (κ3) is 3.82. The lowest BCUT2D eigenvalue weighted by Crippen LogP contribution is -2.36. The lowest BCUT2D eigenvalue weighted by atomic mass is 10.0. The molecule has 0 radical (unpaired) electrons. The van der Waals surface area contributed by atoms with Crippen LogP contribution in [0.25, 0.3) is 0 Å². The molecule has 2 rings (SSSR count). The Morgan fingerprint density at radius 2 is 1.72 bits per heavy atom. The Balaban J connectivity index is 1.82. The zero-order valence-corrected chi connectivity index (χ0v) is 11.5. The van der Waals surface area contributed by atoms with Crippen molar-refractivity contribution in [3.63, 3.8) is 0 Å². The van der Waals surface area contributed by atoms with Gasteiger partial charge in [-0.3, -0.25) is 0 Å². The number of benzene rings is 1. The van der Waals surface area contributed by atoms with Crippen molar-refractivity contribution in [3.05, 3.63) is 35.9 Å². The number of rotatable bonds is 5. The van der Waals surface area contributed by atoms with E-state index in [1.165, 1.54) is 12.0 Å². The zero-order chi connectivity index (χ0) is 12.8. The smallest absolute Gasteiger partial charge is 0.214 e. The van der Waals surface area contributed by atoms with Gasteiger partial charge in [-0.05, 0) is 24.8 Å². The van der Waals surface area contributed by atoms with Crippen molar-refractivity contribution < 1.29 is 8.42 Å². The van der Waals surface area contributed by atoms with Crippen LogP contribution >= 0.6 is 0 Å². The molecule has 1 saturated carbocycles. The SMILES string of the molecule is O=S(=O)(NCCc1ccccc1)C1CCCCC1. The molecule has 0 unspecified atom stereocenters. The predicted molar refractivity (Wildman–Crippen MR) is 73.9 cm³/mol. The van der Waals surface area contributed by atoms with Crippen LogP contribution in [-0.2, 0) is 16.4 Å². The van der Waals surface area contributed by atoms with E-state index in [9.17, 15) is 8.42 Å². The zero-order valence-electron chi connectivity index (χ0n) is 10.6. The maximum absolute atomic E-state index is 12.1. The molecule has 1 fully saturated rings. The van der Waals surface area contributed by atoms with Gasteiger partial charge in [0.1, 0.15) is 0 Å². The second-order valence-electron chi connectivity index (χ2n) is 4.93. The summed E-state index contributed by atoms with van der Waals surface area (Å²) in [5.74, 6) is 0. The molecular formula is C14H21NO2S. The minimum absolute atomic E-state index is 0.165. The van der Waals surface area contributed by atoms with Crippen LogP contribution in [-0.4, -0.2) is 20.2 Å². The van der Waals surface area contributed by atoms with Crippen LogP contribution in [0.3, 0.4) is 0 Å². The number of nitrogens with one attached hydrogen (secondary N) is 1. The van der Waals surface area contributed by atoms with E-state index in [-0.39, 0.29) is 5.25 Å². The summed E-state index contributed by atoms with van der Waals surface area (Å²) in [5, 5.41) is -0.165. The first-order chi connectivity index (χ1) is 8.68. The van der Waals surface area contributed by atoms with Crippen molar-refractivity contribution in [1.82, 2.24) is 4.72 Å². The van der Waals surface area contributed by atoms with Crippen LogP contribution in [0.4, 0.5) is 0 Å². The Hall–Kier alpha value is -0.870. The van der Waals surface area contributed by atoms with Crippen molar-refractivity contribution >= 4 is 10.0 Å². The predicted octanol–water partition coefficient (Wildman–Crippen LogP) is 2.48. The fourth-order valence-electron chi connectivity index (χ4n) is 2.48. The molecule has 3 nitrogen and oxygen atoms in total. The van der Waals surface area contributed by atoms with Gasteiger partial charge in [0.2, 0.25) is 10.0 Å². The Bertz CT molecular complexity index is 450. The van der Waals surface area contributed by atoms with Gasteiger partial charge < -0.3 is 0 Å². The van der Waals surface area contributed by atoms with E-state index in [4.69, 9.17) is 0 Å². The number of hydrogen-bond acceptors (Lipinski definition) is 2. The molecule has 0 saturated heterocycles. The molecule has 1 aliphatic carbocycles. The van der Waals surface area contributed by atoms with Gasteiger partial charge in [0.25, 0.3) is 0 Å². The number of sulfonamides is 1. The molecule has 100 valence electrons. The molecule has 1 N–H and O–H groups in total. The molecule has 1 aromatic carbocycles. The molecule has 0 aliphatic heterocycles. The first-order valence-corrected chi connectivity index (χ1v) is 8.25. The topological polar surface area (TPSA) is 46.2 Å². The molecule has 0 spiro atoms. The lowest BCUT2D eigenvalue weighted by Gasteiger charge is -2.21. The number of hydrogen-bond donors (Lipinski definition) is 1. The van der Waals surface area contributed by atoms with Crippen molar-refractivity contribution in [2.45, 2.75) is 43.8 Å². The molecule has 4 heteroatoms. The van der Waals surface area contributed by atoms with Crippen molar-refractivity contribution in [1.29, 1.82) is 0 Å². The van der Waals surface area contributed by atoms with Crippen LogP contribution in [0.2, 0.25) is 0 Å². The first-order valence-electron chi connectivity index (χ1n) is 6.71. The summed E-state index contributed by atoms with van der Waals surface area (Å²) in [5.41, 5.74) is 1.17. The third-order valence-electron chi connectivity index (χ3n) is 3.55. The van der Waals surface area contributed by atoms with Crippen molar-refractivity contribution in [2.24, 2.45) is 0 Å². The summed E-state index contributed by atoms with van der Waals surface area (Å²) < 4.78 is 26.9. The third-order valence-corrected chi connectivity index (χ3v) is 5.51. The van der Waals surface area contributed by atoms with Gasteiger partial charge >= 0.3 is 0 Å². The van der Waals surface area contributed by atoms with E-state index in [0.717, 1.165) is 32.1 Å². The maximum atomic E-state index is 12.1. The molecule has 0 aromatic heterocycles. The largest absolute Gasteiger partial charge is 0.215 e. The highest BCUT2D eigenvalue weighted by atomic mass is 32.2. The van der Waals surface area contributed by atoms with Crippen molar-refractivity contribution in [3.8, 4) is 0 Å². The van der Waals surface area contributed by atoms with E-state index in [1.54, 1.807) is 0 Å². The Kier molecular flexibility index (Phi) is 4.78. The lowest BCUT2D eigenvalue weighted by molar-refractivity contribution is 0.478.